The van der Waals surface area contributed by atoms with Gasteiger partial charge in [0, 0.05) is 0 Å². The van der Waals surface area contributed by atoms with Crippen molar-refractivity contribution >= 4 is 5.97 Å². The Morgan fingerprint density at radius 3 is 2.81 bits per heavy atom. The summed E-state index contributed by atoms with van der Waals surface area (Å²) in [4.78, 5) is 18.4. The van der Waals surface area contributed by atoms with Crippen LogP contribution in [0, 0.1) is 0 Å². The third-order valence-corrected chi connectivity index (χ3v) is 3.20. The van der Waals surface area contributed by atoms with Gasteiger partial charge in [0.15, 0.2) is 0 Å². The zero-order valence-corrected chi connectivity index (χ0v) is 9.45. The quantitative estimate of drug-likeness (QED) is 0.741. The fourth-order valence-electron chi connectivity index (χ4n) is 2.21. The Hall–Kier alpha value is -1.36. The van der Waals surface area contributed by atoms with Crippen molar-refractivity contribution in [1.82, 2.24) is 9.97 Å². The number of aromatic amines is 1. The molecule has 2 rings (SSSR count). The van der Waals surface area contributed by atoms with Crippen LogP contribution in [0.1, 0.15) is 48.4 Å². The van der Waals surface area contributed by atoms with E-state index in [9.17, 15) is 4.79 Å². The number of H-pyrrole nitrogens is 1. The molecule has 0 aromatic carbocycles. The van der Waals surface area contributed by atoms with Gasteiger partial charge in [-0.15, -0.1) is 0 Å². The molecule has 1 aliphatic rings. The highest BCUT2D eigenvalue weighted by Crippen LogP contribution is 2.32. The highest BCUT2D eigenvalue weighted by atomic mass is 16.5. The number of hydrogen-bond donors (Lipinski definition) is 2. The second kappa shape index (κ2) is 4.25. The molecule has 1 aromatic heterocycles. The minimum atomic E-state index is -0.404. The van der Waals surface area contributed by atoms with Crippen molar-refractivity contribution in [3.05, 3.63) is 17.7 Å². The molecule has 1 saturated carbocycles. The Labute approximate surface area is 94.4 Å². The number of imidazole rings is 1. The number of ether oxygens (including phenoxy) is 1. The number of esters is 1. The van der Waals surface area contributed by atoms with E-state index in [1.807, 2.05) is 0 Å². The van der Waals surface area contributed by atoms with Crippen molar-refractivity contribution in [2.24, 2.45) is 5.73 Å². The van der Waals surface area contributed by atoms with Gasteiger partial charge in [-0.05, 0) is 12.8 Å². The van der Waals surface area contributed by atoms with Crippen LogP contribution in [0.2, 0.25) is 0 Å². The maximum atomic E-state index is 11.3. The second-order valence-corrected chi connectivity index (χ2v) is 4.35. The van der Waals surface area contributed by atoms with Crippen LogP contribution in [-0.4, -0.2) is 23.0 Å². The Balaban J connectivity index is 2.20. The summed E-state index contributed by atoms with van der Waals surface area (Å²) in [6.45, 7) is 0. The van der Waals surface area contributed by atoms with E-state index in [0.717, 1.165) is 25.7 Å². The lowest BCUT2D eigenvalue weighted by molar-refractivity contribution is 0.0594. The van der Waals surface area contributed by atoms with Gasteiger partial charge in [0.1, 0.15) is 11.5 Å². The number of carbonyl (C=O) groups excluding carboxylic acids is 1. The van der Waals surface area contributed by atoms with Gasteiger partial charge in [-0.25, -0.2) is 9.78 Å². The summed E-state index contributed by atoms with van der Waals surface area (Å²) in [7, 11) is 1.35. The standard InChI is InChI=1S/C11H17N3O2/c1-16-9(15)8-7-13-10(14-8)11(12)5-3-2-4-6-11/h7H,2-6,12H2,1H3,(H,13,14). The summed E-state index contributed by atoms with van der Waals surface area (Å²) in [5.74, 6) is 0.297. The largest absolute Gasteiger partial charge is 0.464 e. The average molecular weight is 223 g/mol. The Morgan fingerprint density at radius 1 is 1.50 bits per heavy atom. The number of nitrogens with one attached hydrogen (secondary N) is 1. The van der Waals surface area contributed by atoms with Crippen LogP contribution in [0.5, 0.6) is 0 Å². The van der Waals surface area contributed by atoms with Gasteiger partial charge in [-0.3, -0.25) is 0 Å². The number of hydrogen-bond acceptors (Lipinski definition) is 4. The molecule has 0 bridgehead atoms. The third-order valence-electron chi connectivity index (χ3n) is 3.20. The average Bonchev–Trinajstić information content (AvgIpc) is 2.79. The molecule has 0 amide bonds. The normalized spacial score (nSPS) is 19.4. The number of carbonyl (C=O) groups is 1. The molecule has 0 unspecified atom stereocenters. The summed E-state index contributed by atoms with van der Waals surface area (Å²) < 4.78 is 4.62. The first-order valence-electron chi connectivity index (χ1n) is 5.58. The molecule has 0 spiro atoms. The van der Waals surface area contributed by atoms with Crippen LogP contribution in [0.25, 0.3) is 0 Å². The summed E-state index contributed by atoms with van der Waals surface area (Å²) >= 11 is 0. The lowest BCUT2D eigenvalue weighted by Crippen LogP contribution is -2.39. The molecule has 5 heteroatoms. The van der Waals surface area contributed by atoms with E-state index in [-0.39, 0.29) is 0 Å². The predicted molar refractivity (Wildman–Crippen MR) is 58.9 cm³/mol. The number of methoxy groups -OCH3 is 1. The van der Waals surface area contributed by atoms with E-state index in [0.29, 0.717) is 11.5 Å². The summed E-state index contributed by atoms with van der Waals surface area (Å²) in [5.41, 5.74) is 6.26. The van der Waals surface area contributed by atoms with Crippen LogP contribution < -0.4 is 5.73 Å². The van der Waals surface area contributed by atoms with Gasteiger partial charge >= 0.3 is 5.97 Å². The van der Waals surface area contributed by atoms with Gasteiger partial charge in [0.2, 0.25) is 0 Å². The lowest BCUT2D eigenvalue weighted by Gasteiger charge is -2.31. The van der Waals surface area contributed by atoms with Crippen LogP contribution in [0.3, 0.4) is 0 Å². The topological polar surface area (TPSA) is 81.0 Å². The number of aromatic nitrogens is 2. The van der Waals surface area contributed by atoms with Crippen LogP contribution in [0.4, 0.5) is 0 Å². The van der Waals surface area contributed by atoms with Crippen molar-refractivity contribution in [2.75, 3.05) is 7.11 Å². The molecule has 88 valence electrons. The highest BCUT2D eigenvalue weighted by molar-refractivity contribution is 5.86. The molecule has 1 fully saturated rings. The van der Waals surface area contributed by atoms with E-state index in [4.69, 9.17) is 5.73 Å². The monoisotopic (exact) mass is 223 g/mol. The molecule has 5 nitrogen and oxygen atoms in total. The molecule has 1 heterocycles. The van der Waals surface area contributed by atoms with Crippen molar-refractivity contribution in [3.63, 3.8) is 0 Å². The lowest BCUT2D eigenvalue weighted by atomic mass is 9.82. The van der Waals surface area contributed by atoms with E-state index < -0.39 is 11.5 Å². The molecule has 16 heavy (non-hydrogen) atoms. The van der Waals surface area contributed by atoms with Crippen molar-refractivity contribution in [1.29, 1.82) is 0 Å². The molecule has 0 saturated heterocycles. The van der Waals surface area contributed by atoms with Crippen LogP contribution in [0.15, 0.2) is 6.20 Å². The molecule has 1 aromatic rings. The summed E-state index contributed by atoms with van der Waals surface area (Å²) in [5, 5.41) is 0. The van der Waals surface area contributed by atoms with Crippen molar-refractivity contribution < 1.29 is 9.53 Å². The van der Waals surface area contributed by atoms with Gasteiger partial charge in [0.25, 0.3) is 0 Å². The Kier molecular flexibility index (Phi) is 2.96. The van der Waals surface area contributed by atoms with Crippen LogP contribution >= 0.6 is 0 Å². The fourth-order valence-corrected chi connectivity index (χ4v) is 2.21. The van der Waals surface area contributed by atoms with E-state index in [1.54, 1.807) is 0 Å². The van der Waals surface area contributed by atoms with E-state index in [2.05, 4.69) is 14.7 Å². The maximum Gasteiger partial charge on any atom is 0.356 e. The maximum absolute atomic E-state index is 11.3. The van der Waals surface area contributed by atoms with E-state index >= 15 is 0 Å². The zero-order valence-electron chi connectivity index (χ0n) is 9.45. The minimum Gasteiger partial charge on any atom is -0.464 e. The third kappa shape index (κ3) is 1.95. The smallest absolute Gasteiger partial charge is 0.356 e. The van der Waals surface area contributed by atoms with Gasteiger partial charge < -0.3 is 15.5 Å². The number of nitrogens with two attached hydrogens (primary N) is 1. The highest BCUT2D eigenvalue weighted by Gasteiger charge is 2.32. The van der Waals surface area contributed by atoms with Gasteiger partial charge in [0.05, 0.1) is 18.8 Å². The first-order chi connectivity index (χ1) is 7.65. The van der Waals surface area contributed by atoms with E-state index in [1.165, 1.54) is 19.7 Å². The summed E-state index contributed by atoms with van der Waals surface area (Å²) in [6, 6.07) is 0. The zero-order chi connectivity index (χ0) is 11.6. The molecule has 0 atom stereocenters. The Bertz CT molecular complexity index is 380. The SMILES string of the molecule is COC(=O)c1cnc(C2(N)CCCCC2)[nH]1. The van der Waals surface area contributed by atoms with Crippen molar-refractivity contribution in [3.8, 4) is 0 Å². The summed E-state index contributed by atoms with van der Waals surface area (Å²) in [6.07, 6.45) is 6.78. The predicted octanol–water partition coefficient (Wildman–Crippen LogP) is 1.31. The second-order valence-electron chi connectivity index (χ2n) is 4.35. The van der Waals surface area contributed by atoms with Gasteiger partial charge in [-0.2, -0.15) is 0 Å². The molecular formula is C11H17N3O2. The Morgan fingerprint density at radius 2 is 2.19 bits per heavy atom. The number of rotatable bonds is 2. The number of nitrogens with zero attached hydrogens (tertiary/aromatic N) is 1. The first-order valence-corrected chi connectivity index (χ1v) is 5.58. The molecule has 0 aliphatic heterocycles. The molecule has 3 N–H and O–H groups in total. The minimum absolute atomic E-state index is 0.368. The molecule has 1 aliphatic carbocycles. The van der Waals surface area contributed by atoms with Gasteiger partial charge in [-0.1, -0.05) is 19.3 Å². The van der Waals surface area contributed by atoms with Crippen molar-refractivity contribution in [2.45, 2.75) is 37.6 Å². The first kappa shape index (κ1) is 11.1. The molecular weight excluding hydrogens is 206 g/mol. The van der Waals surface area contributed by atoms with Crippen LogP contribution in [-0.2, 0) is 10.3 Å². The molecule has 0 radical (unpaired) electrons. The fraction of sp³-hybridized carbons (Fsp3) is 0.636.